The van der Waals surface area contributed by atoms with E-state index in [2.05, 4.69) is 60.8 Å². The molecule has 3 nitrogen and oxygen atoms in total. The third kappa shape index (κ3) is 5.58. The number of hydrogen-bond acceptors (Lipinski definition) is 2. The molecule has 0 heterocycles. The van der Waals surface area contributed by atoms with Gasteiger partial charge in [0.15, 0.2) is 5.11 Å². The molecule has 0 unspecified atom stereocenters. The van der Waals surface area contributed by atoms with E-state index >= 15 is 0 Å². The lowest BCUT2D eigenvalue weighted by Gasteiger charge is -2.30. The lowest BCUT2D eigenvalue weighted by atomic mass is 9.86. The van der Waals surface area contributed by atoms with Crippen molar-refractivity contribution in [2.24, 2.45) is 5.92 Å². The third-order valence-electron chi connectivity index (χ3n) is 4.40. The van der Waals surface area contributed by atoms with Gasteiger partial charge in [0.2, 0.25) is 0 Å². The van der Waals surface area contributed by atoms with Gasteiger partial charge in [-0.05, 0) is 56.2 Å². The fourth-order valence-electron chi connectivity index (χ4n) is 3.06. The zero-order chi connectivity index (χ0) is 15.9. The zero-order valence-electron chi connectivity index (χ0n) is 14.1. The lowest BCUT2D eigenvalue weighted by molar-refractivity contribution is 0.308. The van der Waals surface area contributed by atoms with Crippen LogP contribution in [0.25, 0.3) is 0 Å². The summed E-state index contributed by atoms with van der Waals surface area (Å²) in [6.07, 6.45) is 5.23. The van der Waals surface area contributed by atoms with Crippen molar-refractivity contribution in [3.8, 4) is 0 Å². The topological polar surface area (TPSA) is 27.3 Å². The fraction of sp³-hybridized carbons (Fsp3) is 0.611. The second kappa shape index (κ2) is 8.49. The van der Waals surface area contributed by atoms with Crippen molar-refractivity contribution in [1.82, 2.24) is 15.5 Å². The second-order valence-electron chi connectivity index (χ2n) is 6.75. The van der Waals surface area contributed by atoms with Gasteiger partial charge in [-0.25, -0.2) is 0 Å². The number of benzene rings is 1. The number of nitrogens with zero attached hydrogens (tertiary/aromatic N) is 1. The van der Waals surface area contributed by atoms with Crippen LogP contribution in [0.4, 0.5) is 0 Å². The summed E-state index contributed by atoms with van der Waals surface area (Å²) in [5.41, 5.74) is 2.61. The Morgan fingerprint density at radius 3 is 2.41 bits per heavy atom. The average molecular weight is 320 g/mol. The predicted octanol–water partition coefficient (Wildman–Crippen LogP) is 3.29. The minimum Gasteiger partial charge on any atom is -0.360 e. The molecular weight excluding hydrogens is 290 g/mol. The van der Waals surface area contributed by atoms with Crippen LogP contribution in [0.3, 0.4) is 0 Å². The Morgan fingerprint density at radius 2 is 1.77 bits per heavy atom. The average Bonchev–Trinajstić information content (AvgIpc) is 2.48. The maximum absolute atomic E-state index is 5.44. The van der Waals surface area contributed by atoms with Crippen LogP contribution in [0.1, 0.15) is 43.7 Å². The number of hydrogen-bond donors (Lipinski definition) is 2. The van der Waals surface area contributed by atoms with Crippen molar-refractivity contribution in [3.05, 3.63) is 35.4 Å². The molecule has 0 amide bonds. The van der Waals surface area contributed by atoms with Crippen molar-refractivity contribution < 1.29 is 0 Å². The molecule has 2 rings (SSSR count). The van der Waals surface area contributed by atoms with Gasteiger partial charge < -0.3 is 15.5 Å². The van der Waals surface area contributed by atoms with Gasteiger partial charge >= 0.3 is 0 Å². The molecule has 2 atom stereocenters. The van der Waals surface area contributed by atoms with Crippen molar-refractivity contribution >= 4 is 17.3 Å². The molecule has 122 valence electrons. The van der Waals surface area contributed by atoms with E-state index in [9.17, 15) is 0 Å². The summed E-state index contributed by atoms with van der Waals surface area (Å²) in [6.45, 7) is 4.09. The highest BCUT2D eigenvalue weighted by atomic mass is 32.1. The van der Waals surface area contributed by atoms with Crippen LogP contribution < -0.4 is 10.6 Å². The summed E-state index contributed by atoms with van der Waals surface area (Å²) in [5.74, 6) is 0.721. The Labute approximate surface area is 140 Å². The Balaban J connectivity index is 1.76. The van der Waals surface area contributed by atoms with Gasteiger partial charge in [-0.15, -0.1) is 0 Å². The smallest absolute Gasteiger partial charge is 0.166 e. The normalized spacial score (nSPS) is 21.6. The Kier molecular flexibility index (Phi) is 6.65. The van der Waals surface area contributed by atoms with Gasteiger partial charge in [-0.3, -0.25) is 0 Å². The van der Waals surface area contributed by atoms with Gasteiger partial charge in [-0.2, -0.15) is 0 Å². The van der Waals surface area contributed by atoms with E-state index in [-0.39, 0.29) is 0 Å². The molecule has 0 spiro atoms. The molecule has 1 aromatic carbocycles. The minimum absolute atomic E-state index is 0.538. The first-order valence-electron chi connectivity index (χ1n) is 8.31. The van der Waals surface area contributed by atoms with E-state index in [1.54, 1.807) is 0 Å². The van der Waals surface area contributed by atoms with Gasteiger partial charge in [0.1, 0.15) is 0 Å². The quantitative estimate of drug-likeness (QED) is 0.815. The molecular formula is C18H29N3S. The molecule has 1 saturated carbocycles. The van der Waals surface area contributed by atoms with Crippen LogP contribution in [-0.4, -0.2) is 30.1 Å². The van der Waals surface area contributed by atoms with Crippen LogP contribution in [0, 0.1) is 5.92 Å². The summed E-state index contributed by atoms with van der Waals surface area (Å²) >= 11 is 5.44. The zero-order valence-corrected chi connectivity index (χ0v) is 14.9. The van der Waals surface area contributed by atoms with Gasteiger partial charge in [-0.1, -0.05) is 44.0 Å². The molecule has 1 aliphatic rings. The summed E-state index contributed by atoms with van der Waals surface area (Å²) in [5, 5.41) is 7.62. The highest BCUT2D eigenvalue weighted by Gasteiger charge is 2.21. The van der Waals surface area contributed by atoms with E-state index in [0.717, 1.165) is 24.1 Å². The lowest BCUT2D eigenvalue weighted by Crippen LogP contribution is -2.45. The summed E-state index contributed by atoms with van der Waals surface area (Å²) in [7, 11) is 4.18. The minimum atomic E-state index is 0.538. The Morgan fingerprint density at radius 1 is 1.14 bits per heavy atom. The molecule has 0 aromatic heterocycles. The first-order chi connectivity index (χ1) is 10.5. The highest BCUT2D eigenvalue weighted by Crippen LogP contribution is 2.23. The second-order valence-corrected chi connectivity index (χ2v) is 7.16. The summed E-state index contributed by atoms with van der Waals surface area (Å²) in [6, 6.07) is 9.28. The Hall–Kier alpha value is -1.13. The van der Waals surface area contributed by atoms with Crippen LogP contribution in [0.5, 0.6) is 0 Å². The first-order valence-corrected chi connectivity index (χ1v) is 8.72. The standard InChI is InChI=1S/C18H29N3S/c1-14-6-4-5-7-17(14)20-18(22)19-12-15-8-10-16(11-9-15)13-21(2)3/h8-11,14,17H,4-7,12-13H2,1-3H3,(H2,19,20,22)/t14-,17-/m0/s1. The molecule has 0 radical (unpaired) electrons. The Bertz CT molecular complexity index is 470. The monoisotopic (exact) mass is 319 g/mol. The fourth-order valence-corrected chi connectivity index (χ4v) is 3.28. The maximum Gasteiger partial charge on any atom is 0.166 e. The van der Waals surface area contributed by atoms with Crippen LogP contribution in [-0.2, 0) is 13.1 Å². The van der Waals surface area contributed by atoms with Crippen LogP contribution in [0.15, 0.2) is 24.3 Å². The van der Waals surface area contributed by atoms with Gasteiger partial charge in [0.05, 0.1) is 0 Å². The van der Waals surface area contributed by atoms with E-state index < -0.39 is 0 Å². The van der Waals surface area contributed by atoms with Crippen LogP contribution >= 0.6 is 12.2 Å². The molecule has 4 heteroatoms. The van der Waals surface area contributed by atoms with E-state index in [1.807, 2.05) is 0 Å². The molecule has 1 aromatic rings. The van der Waals surface area contributed by atoms with Crippen molar-refractivity contribution in [2.75, 3.05) is 14.1 Å². The molecule has 0 bridgehead atoms. The molecule has 1 fully saturated rings. The number of nitrogens with one attached hydrogen (secondary N) is 2. The van der Waals surface area contributed by atoms with Crippen LogP contribution in [0.2, 0.25) is 0 Å². The molecule has 0 aliphatic heterocycles. The molecule has 0 saturated heterocycles. The molecule has 2 N–H and O–H groups in total. The van der Waals surface area contributed by atoms with E-state index in [4.69, 9.17) is 12.2 Å². The first kappa shape index (κ1) is 17.2. The molecule has 22 heavy (non-hydrogen) atoms. The maximum atomic E-state index is 5.44. The summed E-state index contributed by atoms with van der Waals surface area (Å²) in [4.78, 5) is 2.18. The van der Waals surface area contributed by atoms with Crippen molar-refractivity contribution in [3.63, 3.8) is 0 Å². The van der Waals surface area contributed by atoms with E-state index in [0.29, 0.717) is 6.04 Å². The number of rotatable bonds is 5. The largest absolute Gasteiger partial charge is 0.360 e. The SMILES string of the molecule is C[C@H]1CCCC[C@@H]1NC(=S)NCc1ccc(CN(C)C)cc1. The van der Waals surface area contributed by atoms with Gasteiger partial charge in [0.25, 0.3) is 0 Å². The predicted molar refractivity (Wildman–Crippen MR) is 97.8 cm³/mol. The van der Waals surface area contributed by atoms with Gasteiger partial charge in [0, 0.05) is 19.1 Å². The third-order valence-corrected chi connectivity index (χ3v) is 4.67. The van der Waals surface area contributed by atoms with Crippen molar-refractivity contribution in [2.45, 2.75) is 51.7 Å². The number of thiocarbonyl (C=S) groups is 1. The summed E-state index contributed by atoms with van der Waals surface area (Å²) < 4.78 is 0. The highest BCUT2D eigenvalue weighted by molar-refractivity contribution is 7.80. The van der Waals surface area contributed by atoms with E-state index in [1.165, 1.54) is 36.8 Å². The molecule has 1 aliphatic carbocycles. The van der Waals surface area contributed by atoms with Crippen molar-refractivity contribution in [1.29, 1.82) is 0 Å².